The molecular formula is C18H21ClN2O3S. The molecule has 2 rings (SSSR count). The number of amides is 1. The molecule has 0 N–H and O–H groups in total. The number of sulfonamides is 1. The molecule has 0 saturated heterocycles. The summed E-state index contributed by atoms with van der Waals surface area (Å²) in [6.07, 6.45) is 1.09. The molecule has 0 radical (unpaired) electrons. The maximum Gasteiger partial charge on any atom is 0.237 e. The average Bonchev–Trinajstić information content (AvgIpc) is 2.56. The van der Waals surface area contributed by atoms with Crippen molar-refractivity contribution >= 4 is 27.5 Å². The van der Waals surface area contributed by atoms with Crippen LogP contribution in [0.5, 0.6) is 0 Å². The van der Waals surface area contributed by atoms with Gasteiger partial charge in [0, 0.05) is 25.2 Å². The van der Waals surface area contributed by atoms with E-state index in [1.165, 1.54) is 4.90 Å². The number of hydrogen-bond donors (Lipinski definition) is 0. The Labute approximate surface area is 153 Å². The third-order valence-electron chi connectivity index (χ3n) is 3.77. The second-order valence-corrected chi connectivity index (χ2v) is 8.25. The van der Waals surface area contributed by atoms with E-state index in [4.69, 9.17) is 11.6 Å². The van der Waals surface area contributed by atoms with Crippen LogP contribution in [0.15, 0.2) is 54.6 Å². The van der Waals surface area contributed by atoms with Gasteiger partial charge < -0.3 is 4.90 Å². The minimum absolute atomic E-state index is 0.0590. The van der Waals surface area contributed by atoms with Crippen LogP contribution in [0.25, 0.3) is 0 Å². The third-order valence-corrected chi connectivity index (χ3v) is 5.34. The van der Waals surface area contributed by atoms with Crippen LogP contribution < -0.4 is 0 Å². The number of likely N-dealkylation sites (N-methyl/N-ethyl adjacent to an activating group) is 1. The number of hydrogen-bond acceptors (Lipinski definition) is 3. The van der Waals surface area contributed by atoms with E-state index in [1.54, 1.807) is 31.3 Å². The summed E-state index contributed by atoms with van der Waals surface area (Å²) in [6, 6.07) is 16.5. The van der Waals surface area contributed by atoms with Crippen molar-refractivity contribution in [3.8, 4) is 0 Å². The summed E-state index contributed by atoms with van der Waals surface area (Å²) in [6.45, 7) is 0.250. The molecule has 25 heavy (non-hydrogen) atoms. The summed E-state index contributed by atoms with van der Waals surface area (Å²) >= 11 is 6.11. The average molecular weight is 381 g/mol. The zero-order valence-corrected chi connectivity index (χ0v) is 15.8. The van der Waals surface area contributed by atoms with Gasteiger partial charge in [0.25, 0.3) is 0 Å². The summed E-state index contributed by atoms with van der Waals surface area (Å²) in [4.78, 5) is 14.0. The second kappa shape index (κ2) is 8.47. The molecule has 2 aromatic carbocycles. The first kappa shape index (κ1) is 19.4. The topological polar surface area (TPSA) is 57.7 Å². The molecule has 0 aromatic heterocycles. The zero-order chi connectivity index (χ0) is 18.4. The molecule has 134 valence electrons. The first-order valence-electron chi connectivity index (χ1n) is 7.74. The SMILES string of the molecule is CN(Cc1ccccc1)C(=O)CN(Cc1ccccc1Cl)S(C)(=O)=O. The van der Waals surface area contributed by atoms with Crippen molar-refractivity contribution in [1.29, 1.82) is 0 Å². The quantitative estimate of drug-likeness (QED) is 0.742. The van der Waals surface area contributed by atoms with Gasteiger partial charge in [-0.25, -0.2) is 8.42 Å². The fourth-order valence-electron chi connectivity index (χ4n) is 2.32. The van der Waals surface area contributed by atoms with Crippen molar-refractivity contribution in [3.63, 3.8) is 0 Å². The highest BCUT2D eigenvalue weighted by molar-refractivity contribution is 7.88. The maximum atomic E-state index is 12.5. The van der Waals surface area contributed by atoms with Crippen LogP contribution in [0.2, 0.25) is 5.02 Å². The first-order valence-corrected chi connectivity index (χ1v) is 9.96. The van der Waals surface area contributed by atoms with Crippen molar-refractivity contribution in [2.45, 2.75) is 13.1 Å². The summed E-state index contributed by atoms with van der Waals surface area (Å²) < 4.78 is 25.3. The van der Waals surface area contributed by atoms with Gasteiger partial charge in [0.05, 0.1) is 12.8 Å². The van der Waals surface area contributed by atoms with E-state index in [1.807, 2.05) is 30.3 Å². The normalized spacial score (nSPS) is 11.5. The molecule has 0 atom stereocenters. The molecule has 0 heterocycles. The summed E-state index contributed by atoms with van der Waals surface area (Å²) in [5, 5.41) is 0.473. The Morgan fingerprint density at radius 1 is 1.00 bits per heavy atom. The Bertz CT molecular complexity index is 825. The van der Waals surface area contributed by atoms with Crippen LogP contribution >= 0.6 is 11.6 Å². The monoisotopic (exact) mass is 380 g/mol. The Morgan fingerprint density at radius 3 is 2.20 bits per heavy atom. The molecule has 7 heteroatoms. The predicted octanol–water partition coefficient (Wildman–Crippen LogP) is 2.76. The van der Waals surface area contributed by atoms with E-state index < -0.39 is 10.0 Å². The van der Waals surface area contributed by atoms with Crippen LogP contribution in [0.3, 0.4) is 0 Å². The Balaban J connectivity index is 2.09. The Hall–Kier alpha value is -1.89. The predicted molar refractivity (Wildman–Crippen MR) is 99.6 cm³/mol. The standard InChI is InChI=1S/C18H21ClN2O3S/c1-20(12-15-8-4-3-5-9-15)18(22)14-21(25(2,23)24)13-16-10-6-7-11-17(16)19/h3-11H,12-14H2,1-2H3. The van der Waals surface area contributed by atoms with Crippen LogP contribution in [0.1, 0.15) is 11.1 Å². The maximum absolute atomic E-state index is 12.5. The highest BCUT2D eigenvalue weighted by Gasteiger charge is 2.23. The van der Waals surface area contributed by atoms with E-state index in [-0.39, 0.29) is 19.0 Å². The highest BCUT2D eigenvalue weighted by atomic mass is 35.5. The molecule has 5 nitrogen and oxygen atoms in total. The fourth-order valence-corrected chi connectivity index (χ4v) is 3.24. The molecule has 0 aliphatic heterocycles. The van der Waals surface area contributed by atoms with Gasteiger partial charge in [0.15, 0.2) is 0 Å². The third kappa shape index (κ3) is 5.85. The van der Waals surface area contributed by atoms with Crippen LogP contribution in [0.4, 0.5) is 0 Å². The summed E-state index contributed by atoms with van der Waals surface area (Å²) in [7, 11) is -1.90. The van der Waals surface area contributed by atoms with Gasteiger partial charge in [0.2, 0.25) is 15.9 Å². The van der Waals surface area contributed by atoms with Gasteiger partial charge in [-0.15, -0.1) is 0 Å². The number of nitrogens with zero attached hydrogens (tertiary/aromatic N) is 2. The van der Waals surface area contributed by atoms with Crippen molar-refractivity contribution < 1.29 is 13.2 Å². The van der Waals surface area contributed by atoms with Crippen molar-refractivity contribution in [2.75, 3.05) is 19.8 Å². The largest absolute Gasteiger partial charge is 0.340 e. The van der Waals surface area contributed by atoms with Gasteiger partial charge in [-0.3, -0.25) is 4.79 Å². The molecule has 0 spiro atoms. The van der Waals surface area contributed by atoms with Crippen molar-refractivity contribution in [1.82, 2.24) is 9.21 Å². The number of benzene rings is 2. The first-order chi connectivity index (χ1) is 11.8. The van der Waals surface area contributed by atoms with E-state index >= 15 is 0 Å². The van der Waals surface area contributed by atoms with Gasteiger partial charge in [-0.1, -0.05) is 60.1 Å². The van der Waals surface area contributed by atoms with Crippen molar-refractivity contribution in [3.05, 3.63) is 70.7 Å². The molecule has 0 aliphatic carbocycles. The number of carbonyl (C=O) groups excluding carboxylic acids is 1. The van der Waals surface area contributed by atoms with Gasteiger partial charge in [-0.05, 0) is 17.2 Å². The molecule has 0 saturated carbocycles. The van der Waals surface area contributed by atoms with E-state index in [0.717, 1.165) is 16.1 Å². The minimum Gasteiger partial charge on any atom is -0.340 e. The molecule has 0 unspecified atom stereocenters. The molecule has 0 bridgehead atoms. The van der Waals surface area contributed by atoms with E-state index in [2.05, 4.69) is 0 Å². The van der Waals surface area contributed by atoms with Crippen LogP contribution in [-0.4, -0.2) is 43.4 Å². The van der Waals surface area contributed by atoms with Gasteiger partial charge >= 0.3 is 0 Å². The van der Waals surface area contributed by atoms with E-state index in [0.29, 0.717) is 17.1 Å². The highest BCUT2D eigenvalue weighted by Crippen LogP contribution is 2.18. The second-order valence-electron chi connectivity index (χ2n) is 5.86. The summed E-state index contributed by atoms with van der Waals surface area (Å²) in [5.74, 6) is -0.277. The lowest BCUT2D eigenvalue weighted by Crippen LogP contribution is -2.40. The zero-order valence-electron chi connectivity index (χ0n) is 14.2. The minimum atomic E-state index is -3.55. The van der Waals surface area contributed by atoms with Crippen molar-refractivity contribution in [2.24, 2.45) is 0 Å². The van der Waals surface area contributed by atoms with Crippen LogP contribution in [0, 0.1) is 0 Å². The number of halogens is 1. The molecule has 0 aliphatic rings. The molecule has 2 aromatic rings. The smallest absolute Gasteiger partial charge is 0.237 e. The molecule has 1 amide bonds. The van der Waals surface area contributed by atoms with Gasteiger partial charge in [0.1, 0.15) is 0 Å². The van der Waals surface area contributed by atoms with Gasteiger partial charge in [-0.2, -0.15) is 4.31 Å². The number of carbonyl (C=O) groups is 1. The lowest BCUT2D eigenvalue weighted by Gasteiger charge is -2.24. The number of rotatable bonds is 7. The lowest BCUT2D eigenvalue weighted by molar-refractivity contribution is -0.130. The summed E-state index contributed by atoms with van der Waals surface area (Å²) in [5.41, 5.74) is 1.64. The fraction of sp³-hybridized carbons (Fsp3) is 0.278. The lowest BCUT2D eigenvalue weighted by atomic mass is 10.2. The Morgan fingerprint density at radius 2 is 1.60 bits per heavy atom. The van der Waals surface area contributed by atoms with E-state index in [9.17, 15) is 13.2 Å². The van der Waals surface area contributed by atoms with Crippen LogP contribution in [-0.2, 0) is 27.9 Å². The molecular weight excluding hydrogens is 360 g/mol. The Kier molecular flexibility index (Phi) is 6.58. The molecule has 0 fully saturated rings.